The molecule has 136 valence electrons. The van der Waals surface area contributed by atoms with Gasteiger partial charge < -0.3 is 14.5 Å². The minimum absolute atomic E-state index is 0.0889. The molecule has 2 aromatic rings. The summed E-state index contributed by atoms with van der Waals surface area (Å²) in [4.78, 5) is 55.5. The van der Waals surface area contributed by atoms with Crippen LogP contribution in [0.4, 0.5) is 5.69 Å². The maximum absolute atomic E-state index is 12.5. The molecule has 4 rings (SSSR count). The van der Waals surface area contributed by atoms with Crippen molar-refractivity contribution < 1.29 is 28.8 Å². The molecule has 0 aliphatic carbocycles. The molecule has 8 nitrogen and oxygen atoms in total. The molecule has 0 fully saturated rings. The van der Waals surface area contributed by atoms with Crippen molar-refractivity contribution in [3.8, 4) is 5.75 Å². The Morgan fingerprint density at radius 3 is 2.22 bits per heavy atom. The number of amides is 3. The summed E-state index contributed by atoms with van der Waals surface area (Å²) < 4.78 is 5.61. The first-order valence-electron chi connectivity index (χ1n) is 8.21. The van der Waals surface area contributed by atoms with Crippen LogP contribution in [0.2, 0.25) is 0 Å². The van der Waals surface area contributed by atoms with Gasteiger partial charge in [0.15, 0.2) is 0 Å². The van der Waals surface area contributed by atoms with Gasteiger partial charge in [-0.25, -0.2) is 4.79 Å². The number of ether oxygens (including phenoxy) is 1. The lowest BCUT2D eigenvalue weighted by Gasteiger charge is -2.33. The normalized spacial score (nSPS) is 17.9. The standard InChI is InChI=1S/C19H14N2O6/c1-11(22)20-10-16(26-15-9-5-4-8-14(15)20)19(25)27-21-17(23)12-6-2-3-7-13(12)18(21)24/h2-9,16H,10H2,1H3. The lowest BCUT2D eigenvalue weighted by atomic mass is 10.1. The van der Waals surface area contributed by atoms with Crippen molar-refractivity contribution in [2.75, 3.05) is 11.4 Å². The largest absolute Gasteiger partial charge is 0.475 e. The molecule has 0 spiro atoms. The van der Waals surface area contributed by atoms with Gasteiger partial charge in [-0.3, -0.25) is 14.4 Å². The van der Waals surface area contributed by atoms with E-state index in [4.69, 9.17) is 9.57 Å². The number of fused-ring (bicyclic) bond motifs is 2. The number of rotatable bonds is 2. The molecule has 2 aromatic carbocycles. The van der Waals surface area contributed by atoms with Gasteiger partial charge in [0, 0.05) is 6.92 Å². The lowest BCUT2D eigenvalue weighted by molar-refractivity contribution is -0.176. The van der Waals surface area contributed by atoms with Crippen molar-refractivity contribution in [1.29, 1.82) is 0 Å². The highest BCUT2D eigenvalue weighted by Crippen LogP contribution is 2.33. The van der Waals surface area contributed by atoms with Crippen LogP contribution in [0.3, 0.4) is 0 Å². The summed E-state index contributed by atoms with van der Waals surface area (Å²) in [7, 11) is 0. The molecule has 2 aliphatic heterocycles. The Morgan fingerprint density at radius 1 is 1.00 bits per heavy atom. The maximum Gasteiger partial charge on any atom is 0.375 e. The molecule has 27 heavy (non-hydrogen) atoms. The van der Waals surface area contributed by atoms with Gasteiger partial charge in [0.25, 0.3) is 11.8 Å². The van der Waals surface area contributed by atoms with Crippen LogP contribution in [0, 0.1) is 0 Å². The van der Waals surface area contributed by atoms with Crippen molar-refractivity contribution in [2.45, 2.75) is 13.0 Å². The van der Waals surface area contributed by atoms with E-state index in [0.29, 0.717) is 16.5 Å². The highest BCUT2D eigenvalue weighted by atomic mass is 16.7. The van der Waals surface area contributed by atoms with Crippen LogP contribution in [0.25, 0.3) is 0 Å². The predicted octanol–water partition coefficient (Wildman–Crippen LogP) is 1.55. The van der Waals surface area contributed by atoms with E-state index in [0.717, 1.165) is 0 Å². The zero-order chi connectivity index (χ0) is 19.1. The molecule has 0 aromatic heterocycles. The van der Waals surface area contributed by atoms with Crippen LogP contribution in [0.5, 0.6) is 5.75 Å². The number of hydrogen-bond donors (Lipinski definition) is 0. The Kier molecular flexibility index (Phi) is 3.88. The van der Waals surface area contributed by atoms with Gasteiger partial charge in [0.1, 0.15) is 5.75 Å². The number of imide groups is 1. The Morgan fingerprint density at radius 2 is 1.59 bits per heavy atom. The van der Waals surface area contributed by atoms with Crippen LogP contribution < -0.4 is 9.64 Å². The van der Waals surface area contributed by atoms with E-state index in [1.807, 2.05) is 0 Å². The van der Waals surface area contributed by atoms with Gasteiger partial charge in [-0.15, -0.1) is 0 Å². The van der Waals surface area contributed by atoms with Crippen LogP contribution in [-0.2, 0) is 14.4 Å². The van der Waals surface area contributed by atoms with E-state index >= 15 is 0 Å². The molecule has 0 radical (unpaired) electrons. The topological polar surface area (TPSA) is 93.2 Å². The molecule has 2 heterocycles. The number of nitrogens with zero attached hydrogens (tertiary/aromatic N) is 2. The third-order valence-corrected chi connectivity index (χ3v) is 4.35. The molecule has 3 amide bonds. The molecule has 0 bridgehead atoms. The highest BCUT2D eigenvalue weighted by Gasteiger charge is 2.41. The number of hydroxylamine groups is 2. The molecule has 0 saturated heterocycles. The van der Waals surface area contributed by atoms with Crippen molar-refractivity contribution in [3.63, 3.8) is 0 Å². The monoisotopic (exact) mass is 366 g/mol. The van der Waals surface area contributed by atoms with E-state index in [1.165, 1.54) is 24.0 Å². The van der Waals surface area contributed by atoms with Crippen LogP contribution in [0.1, 0.15) is 27.6 Å². The minimum Gasteiger partial charge on any atom is -0.475 e. The fourth-order valence-corrected chi connectivity index (χ4v) is 3.05. The summed E-state index contributed by atoms with van der Waals surface area (Å²) in [5.74, 6) is -2.31. The molecule has 8 heteroatoms. The first kappa shape index (κ1) is 16.8. The Balaban J connectivity index is 1.56. The van der Waals surface area contributed by atoms with E-state index in [2.05, 4.69) is 0 Å². The van der Waals surface area contributed by atoms with Crippen LogP contribution in [-0.4, -0.2) is 41.4 Å². The van der Waals surface area contributed by atoms with Crippen molar-refractivity contribution in [2.24, 2.45) is 0 Å². The van der Waals surface area contributed by atoms with E-state index in [9.17, 15) is 19.2 Å². The third kappa shape index (κ3) is 2.71. The van der Waals surface area contributed by atoms with Crippen molar-refractivity contribution in [3.05, 3.63) is 59.7 Å². The van der Waals surface area contributed by atoms with E-state index in [-0.39, 0.29) is 23.6 Å². The fraction of sp³-hybridized carbons (Fsp3) is 0.158. The Hall–Kier alpha value is -3.68. The van der Waals surface area contributed by atoms with E-state index in [1.54, 1.807) is 36.4 Å². The first-order valence-corrected chi connectivity index (χ1v) is 8.21. The summed E-state index contributed by atoms with van der Waals surface area (Å²) in [6.45, 7) is 1.28. The minimum atomic E-state index is -1.17. The fourth-order valence-electron chi connectivity index (χ4n) is 3.05. The first-order chi connectivity index (χ1) is 13.0. The van der Waals surface area contributed by atoms with Crippen molar-refractivity contribution in [1.82, 2.24) is 5.06 Å². The molecule has 1 atom stereocenters. The number of carbonyl (C=O) groups is 4. The number of benzene rings is 2. The van der Waals surface area contributed by atoms with Gasteiger partial charge >= 0.3 is 5.97 Å². The Labute approximate surface area is 153 Å². The zero-order valence-electron chi connectivity index (χ0n) is 14.2. The molecule has 2 aliphatic rings. The second-order valence-electron chi connectivity index (χ2n) is 6.06. The summed E-state index contributed by atoms with van der Waals surface area (Å²) in [5.41, 5.74) is 0.862. The number of carbonyl (C=O) groups excluding carboxylic acids is 4. The molecule has 0 saturated carbocycles. The molecule has 0 N–H and O–H groups in total. The summed E-state index contributed by atoms with van der Waals surface area (Å²) in [5, 5.41) is 0.426. The summed E-state index contributed by atoms with van der Waals surface area (Å²) >= 11 is 0. The second kappa shape index (κ2) is 6.24. The van der Waals surface area contributed by atoms with Gasteiger partial charge in [-0.1, -0.05) is 29.3 Å². The van der Waals surface area contributed by atoms with Gasteiger partial charge in [0.2, 0.25) is 12.0 Å². The number of para-hydroxylation sites is 2. The predicted molar refractivity (Wildman–Crippen MR) is 91.9 cm³/mol. The van der Waals surface area contributed by atoms with Gasteiger partial charge in [-0.2, -0.15) is 0 Å². The second-order valence-corrected chi connectivity index (χ2v) is 6.06. The molecule has 1 unspecified atom stereocenters. The highest BCUT2D eigenvalue weighted by molar-refractivity contribution is 6.21. The summed E-state index contributed by atoms with van der Waals surface area (Å²) in [6, 6.07) is 12.9. The third-order valence-electron chi connectivity index (χ3n) is 4.35. The average Bonchev–Trinajstić information content (AvgIpc) is 2.92. The SMILES string of the molecule is CC(=O)N1CC(C(=O)ON2C(=O)c3ccccc3C2=O)Oc2ccccc21. The maximum atomic E-state index is 12.5. The zero-order valence-corrected chi connectivity index (χ0v) is 14.2. The molecular weight excluding hydrogens is 352 g/mol. The number of anilines is 1. The number of hydrogen-bond acceptors (Lipinski definition) is 6. The van der Waals surface area contributed by atoms with Gasteiger partial charge in [-0.05, 0) is 24.3 Å². The average molecular weight is 366 g/mol. The molecular formula is C19H14N2O6. The smallest absolute Gasteiger partial charge is 0.375 e. The Bertz CT molecular complexity index is 951. The van der Waals surface area contributed by atoms with E-state index < -0.39 is 23.9 Å². The van der Waals surface area contributed by atoms with Gasteiger partial charge in [0.05, 0.1) is 23.4 Å². The quantitative estimate of drug-likeness (QED) is 0.749. The van der Waals surface area contributed by atoms with Crippen molar-refractivity contribution >= 4 is 29.4 Å². The lowest BCUT2D eigenvalue weighted by Crippen LogP contribution is -2.49. The van der Waals surface area contributed by atoms with Crippen LogP contribution in [0.15, 0.2) is 48.5 Å². The summed E-state index contributed by atoms with van der Waals surface area (Å²) in [6.07, 6.45) is -1.17. The van der Waals surface area contributed by atoms with Crippen LogP contribution >= 0.6 is 0 Å².